The van der Waals surface area contributed by atoms with Crippen LogP contribution in [0.1, 0.15) is 15.9 Å². The Morgan fingerprint density at radius 2 is 1.65 bits per heavy atom. The van der Waals surface area contributed by atoms with E-state index in [1.807, 2.05) is 31.2 Å². The Morgan fingerprint density at radius 3 is 2.35 bits per heavy atom. The highest BCUT2D eigenvalue weighted by Gasteiger charge is 2.25. The zero-order valence-electron chi connectivity index (χ0n) is 16.9. The van der Waals surface area contributed by atoms with Crippen molar-refractivity contribution in [2.75, 3.05) is 31.1 Å². The number of carbonyl (C=O) groups excluding carboxylic acids is 1. The highest BCUT2D eigenvalue weighted by Crippen LogP contribution is 2.24. The number of piperazine rings is 1. The van der Waals surface area contributed by atoms with E-state index in [1.165, 1.54) is 30.6 Å². The average Bonchev–Trinajstić information content (AvgIpc) is 3.24. The summed E-state index contributed by atoms with van der Waals surface area (Å²) >= 11 is 0. The van der Waals surface area contributed by atoms with Crippen molar-refractivity contribution >= 4 is 22.9 Å². The van der Waals surface area contributed by atoms with Gasteiger partial charge in [-0.2, -0.15) is 4.68 Å². The molecule has 156 valence electrons. The van der Waals surface area contributed by atoms with E-state index in [9.17, 15) is 9.18 Å². The summed E-state index contributed by atoms with van der Waals surface area (Å²) in [4.78, 5) is 25.4. The zero-order valence-corrected chi connectivity index (χ0v) is 16.9. The lowest BCUT2D eigenvalue weighted by atomic mass is 10.1. The van der Waals surface area contributed by atoms with Crippen molar-refractivity contribution in [3.05, 3.63) is 71.8 Å². The third kappa shape index (κ3) is 3.58. The van der Waals surface area contributed by atoms with Gasteiger partial charge in [-0.05, 0) is 43.3 Å². The normalized spacial score (nSPS) is 14.3. The predicted molar refractivity (Wildman–Crippen MR) is 114 cm³/mol. The predicted octanol–water partition coefficient (Wildman–Crippen LogP) is 2.62. The van der Waals surface area contributed by atoms with Crippen molar-refractivity contribution in [1.82, 2.24) is 29.9 Å². The summed E-state index contributed by atoms with van der Waals surface area (Å²) in [7, 11) is 0. The summed E-state index contributed by atoms with van der Waals surface area (Å²) in [6, 6.07) is 13.6. The largest absolute Gasteiger partial charge is 0.351 e. The van der Waals surface area contributed by atoms with Gasteiger partial charge in [-0.1, -0.05) is 22.9 Å². The van der Waals surface area contributed by atoms with Crippen LogP contribution in [-0.2, 0) is 0 Å². The molecular weight excluding hydrogens is 397 g/mol. The molecule has 1 amide bonds. The number of hydrogen-bond donors (Lipinski definition) is 0. The molecule has 0 unspecified atom stereocenters. The molecule has 8 nitrogen and oxygen atoms in total. The third-order valence-corrected chi connectivity index (χ3v) is 5.45. The number of benzene rings is 2. The van der Waals surface area contributed by atoms with Gasteiger partial charge in [-0.15, -0.1) is 5.10 Å². The first-order valence-corrected chi connectivity index (χ1v) is 10.0. The van der Waals surface area contributed by atoms with Crippen molar-refractivity contribution in [2.24, 2.45) is 0 Å². The second-order valence-electron chi connectivity index (χ2n) is 7.49. The first kappa shape index (κ1) is 19.1. The summed E-state index contributed by atoms with van der Waals surface area (Å²) in [5.41, 5.74) is 3.80. The smallest absolute Gasteiger partial charge is 0.253 e. The fraction of sp³-hybridized carbons (Fsp3) is 0.227. The number of anilines is 1. The molecule has 1 aliphatic rings. The van der Waals surface area contributed by atoms with E-state index in [-0.39, 0.29) is 11.7 Å². The lowest BCUT2D eigenvalue weighted by Crippen LogP contribution is -2.49. The van der Waals surface area contributed by atoms with Crippen LogP contribution in [0.4, 0.5) is 10.2 Å². The van der Waals surface area contributed by atoms with Crippen LogP contribution in [-0.4, -0.2) is 61.9 Å². The number of amides is 1. The molecular formula is C22H20FN7O. The highest BCUT2D eigenvalue weighted by atomic mass is 19.1. The van der Waals surface area contributed by atoms with Crippen molar-refractivity contribution in [1.29, 1.82) is 0 Å². The number of nitrogens with zero attached hydrogens (tertiary/aromatic N) is 7. The molecule has 3 heterocycles. The maximum atomic E-state index is 13.1. The topological polar surface area (TPSA) is 80.0 Å². The molecule has 2 aromatic heterocycles. The second kappa shape index (κ2) is 7.75. The fourth-order valence-corrected chi connectivity index (χ4v) is 3.72. The molecule has 1 fully saturated rings. The standard InChI is InChI=1S/C22H20FN7O/c1-15-2-8-18(9-3-15)30-21-19(26-27-30)20(24-14-25-21)28-10-12-29(13-11-28)22(31)16-4-6-17(23)7-5-16/h2-9,14H,10-13H2,1H3. The molecule has 1 saturated heterocycles. The number of carbonyl (C=O) groups is 1. The van der Waals surface area contributed by atoms with Gasteiger partial charge in [0.2, 0.25) is 0 Å². The van der Waals surface area contributed by atoms with Gasteiger partial charge in [0, 0.05) is 31.7 Å². The summed E-state index contributed by atoms with van der Waals surface area (Å²) in [6.07, 6.45) is 1.52. The van der Waals surface area contributed by atoms with E-state index in [2.05, 4.69) is 25.2 Å². The van der Waals surface area contributed by atoms with E-state index in [0.29, 0.717) is 48.7 Å². The van der Waals surface area contributed by atoms with E-state index < -0.39 is 0 Å². The highest BCUT2D eigenvalue weighted by molar-refractivity contribution is 5.94. The zero-order chi connectivity index (χ0) is 21.4. The fourth-order valence-electron chi connectivity index (χ4n) is 3.72. The van der Waals surface area contributed by atoms with E-state index in [0.717, 1.165) is 11.3 Å². The monoisotopic (exact) mass is 417 g/mol. The lowest BCUT2D eigenvalue weighted by molar-refractivity contribution is 0.0746. The lowest BCUT2D eigenvalue weighted by Gasteiger charge is -2.35. The summed E-state index contributed by atoms with van der Waals surface area (Å²) < 4.78 is 14.8. The van der Waals surface area contributed by atoms with Crippen molar-refractivity contribution in [2.45, 2.75) is 6.92 Å². The van der Waals surface area contributed by atoms with Gasteiger partial charge in [0.25, 0.3) is 5.91 Å². The van der Waals surface area contributed by atoms with Crippen LogP contribution in [0.15, 0.2) is 54.9 Å². The van der Waals surface area contributed by atoms with Crippen LogP contribution >= 0.6 is 0 Å². The first-order valence-electron chi connectivity index (χ1n) is 10.0. The SMILES string of the molecule is Cc1ccc(-n2nnc3c(N4CCN(C(=O)c5ccc(F)cc5)CC4)ncnc32)cc1. The van der Waals surface area contributed by atoms with Gasteiger partial charge in [0.1, 0.15) is 12.1 Å². The number of rotatable bonds is 3. The molecule has 1 aliphatic heterocycles. The Labute approximate surface area is 177 Å². The van der Waals surface area contributed by atoms with Gasteiger partial charge in [-0.25, -0.2) is 14.4 Å². The molecule has 4 aromatic rings. The quantitative estimate of drug-likeness (QED) is 0.510. The minimum absolute atomic E-state index is 0.0993. The molecule has 0 aliphatic carbocycles. The van der Waals surface area contributed by atoms with Gasteiger partial charge in [-0.3, -0.25) is 4.79 Å². The van der Waals surface area contributed by atoms with E-state index in [1.54, 1.807) is 9.58 Å². The Kier molecular flexibility index (Phi) is 4.78. The van der Waals surface area contributed by atoms with Gasteiger partial charge in [0.15, 0.2) is 17.0 Å². The summed E-state index contributed by atoms with van der Waals surface area (Å²) in [5, 5.41) is 8.62. The van der Waals surface area contributed by atoms with Crippen LogP contribution in [0.2, 0.25) is 0 Å². The minimum Gasteiger partial charge on any atom is -0.351 e. The Hall–Kier alpha value is -3.88. The molecule has 5 rings (SSSR count). The van der Waals surface area contributed by atoms with Crippen LogP contribution in [0.5, 0.6) is 0 Å². The summed E-state index contributed by atoms with van der Waals surface area (Å²) in [5.74, 6) is 0.253. The first-order chi connectivity index (χ1) is 15.1. The van der Waals surface area contributed by atoms with Crippen LogP contribution in [0, 0.1) is 12.7 Å². The molecule has 0 spiro atoms. The van der Waals surface area contributed by atoms with Gasteiger partial charge >= 0.3 is 0 Å². The molecule has 0 N–H and O–H groups in total. The number of aryl methyl sites for hydroxylation is 1. The Morgan fingerprint density at radius 1 is 0.935 bits per heavy atom. The van der Waals surface area contributed by atoms with E-state index in [4.69, 9.17) is 0 Å². The molecule has 2 aromatic carbocycles. The van der Waals surface area contributed by atoms with Crippen LogP contribution in [0.25, 0.3) is 16.9 Å². The Balaban J connectivity index is 1.36. The number of fused-ring (bicyclic) bond motifs is 1. The Bertz CT molecular complexity index is 1230. The molecule has 0 bridgehead atoms. The molecule has 31 heavy (non-hydrogen) atoms. The van der Waals surface area contributed by atoms with Crippen LogP contribution in [0.3, 0.4) is 0 Å². The molecule has 9 heteroatoms. The van der Waals surface area contributed by atoms with E-state index >= 15 is 0 Å². The average molecular weight is 417 g/mol. The molecule has 0 saturated carbocycles. The second-order valence-corrected chi connectivity index (χ2v) is 7.49. The van der Waals surface area contributed by atoms with Gasteiger partial charge < -0.3 is 9.80 Å². The maximum absolute atomic E-state index is 13.1. The van der Waals surface area contributed by atoms with Crippen LogP contribution < -0.4 is 4.90 Å². The molecule has 0 atom stereocenters. The van der Waals surface area contributed by atoms with Gasteiger partial charge in [0.05, 0.1) is 5.69 Å². The van der Waals surface area contributed by atoms with Crippen molar-refractivity contribution < 1.29 is 9.18 Å². The maximum Gasteiger partial charge on any atom is 0.253 e. The third-order valence-electron chi connectivity index (χ3n) is 5.45. The van der Waals surface area contributed by atoms with Crippen molar-refractivity contribution in [3.8, 4) is 5.69 Å². The minimum atomic E-state index is -0.354. The van der Waals surface area contributed by atoms with Crippen molar-refractivity contribution in [3.63, 3.8) is 0 Å². The number of hydrogen-bond acceptors (Lipinski definition) is 6. The molecule has 0 radical (unpaired) electrons. The number of halogens is 1. The summed E-state index contributed by atoms with van der Waals surface area (Å²) in [6.45, 7) is 4.32. The number of aromatic nitrogens is 5.